The Morgan fingerprint density at radius 3 is 2.59 bits per heavy atom. The molecule has 0 unspecified atom stereocenters. The second-order valence-corrected chi connectivity index (χ2v) is 7.38. The van der Waals surface area contributed by atoms with Gasteiger partial charge in [-0.25, -0.2) is 4.98 Å². The first-order valence-corrected chi connectivity index (χ1v) is 9.29. The highest BCUT2D eigenvalue weighted by Gasteiger charge is 2.36. The number of aromatic nitrogens is 3. The van der Waals surface area contributed by atoms with Crippen LogP contribution >= 0.6 is 11.3 Å². The Morgan fingerprint density at radius 2 is 1.93 bits per heavy atom. The lowest BCUT2D eigenvalue weighted by atomic mass is 10.0. The normalized spacial score (nSPS) is 16.9. The van der Waals surface area contributed by atoms with Crippen LogP contribution in [0.15, 0.2) is 24.3 Å². The van der Waals surface area contributed by atoms with Crippen molar-refractivity contribution in [3.8, 4) is 11.6 Å². The standard InChI is InChI=1S/C17H17F3N4O2S/c1-10-21-16-24(22-10)15(25)14(27-16)13(23-8-4-5-9-23)11-6-2-3-7-12(11)26-17(18,19)20/h2-3,6-7,13,25H,4-5,8-9H2,1H3/t13-/m1/s1. The number of para-hydroxylation sites is 1. The number of hydrogen-bond donors (Lipinski definition) is 1. The molecule has 1 N–H and O–H groups in total. The number of benzene rings is 1. The lowest BCUT2D eigenvalue weighted by Gasteiger charge is -2.28. The number of thiazole rings is 1. The number of halogens is 3. The third-order valence-electron chi connectivity index (χ3n) is 4.50. The molecule has 0 aliphatic carbocycles. The van der Waals surface area contributed by atoms with Gasteiger partial charge in [-0.2, -0.15) is 4.52 Å². The highest BCUT2D eigenvalue weighted by atomic mass is 32.1. The van der Waals surface area contributed by atoms with Crippen LogP contribution in [-0.4, -0.2) is 44.1 Å². The van der Waals surface area contributed by atoms with Crippen LogP contribution in [-0.2, 0) is 0 Å². The number of alkyl halides is 3. The van der Waals surface area contributed by atoms with Gasteiger partial charge in [0.15, 0.2) is 0 Å². The molecule has 0 radical (unpaired) electrons. The van der Waals surface area contributed by atoms with Crippen molar-refractivity contribution < 1.29 is 23.0 Å². The third kappa shape index (κ3) is 3.46. The molecule has 1 aliphatic heterocycles. The number of nitrogens with zero attached hydrogens (tertiary/aromatic N) is 4. The van der Waals surface area contributed by atoms with Crippen LogP contribution < -0.4 is 4.74 Å². The predicted octanol–water partition coefficient (Wildman–Crippen LogP) is 3.89. The van der Waals surface area contributed by atoms with Gasteiger partial charge in [-0.05, 0) is 38.9 Å². The van der Waals surface area contributed by atoms with E-state index in [1.54, 1.807) is 19.1 Å². The number of hydrogen-bond acceptors (Lipinski definition) is 6. The summed E-state index contributed by atoms with van der Waals surface area (Å²) >= 11 is 1.22. The van der Waals surface area contributed by atoms with Gasteiger partial charge in [0.25, 0.3) is 0 Å². The van der Waals surface area contributed by atoms with Gasteiger partial charge in [0.1, 0.15) is 11.6 Å². The second-order valence-electron chi connectivity index (χ2n) is 6.37. The lowest BCUT2D eigenvalue weighted by molar-refractivity contribution is -0.275. The summed E-state index contributed by atoms with van der Waals surface area (Å²) in [5.74, 6) is 0.146. The fraction of sp³-hybridized carbons (Fsp3) is 0.412. The van der Waals surface area contributed by atoms with Crippen molar-refractivity contribution in [1.82, 2.24) is 19.5 Å². The van der Waals surface area contributed by atoms with E-state index < -0.39 is 12.4 Å². The highest BCUT2D eigenvalue weighted by molar-refractivity contribution is 7.17. The molecule has 1 aromatic carbocycles. The molecule has 1 atom stereocenters. The summed E-state index contributed by atoms with van der Waals surface area (Å²) in [6.45, 7) is 3.15. The van der Waals surface area contributed by atoms with Gasteiger partial charge in [-0.3, -0.25) is 4.90 Å². The Labute approximate surface area is 156 Å². The van der Waals surface area contributed by atoms with Gasteiger partial charge in [-0.1, -0.05) is 29.5 Å². The number of rotatable bonds is 4. The summed E-state index contributed by atoms with van der Waals surface area (Å²) in [7, 11) is 0. The SMILES string of the molecule is Cc1nc2sc([C@@H](c3ccccc3OC(F)(F)F)N3CCCC3)c(O)n2n1. The first kappa shape index (κ1) is 18.1. The van der Waals surface area contributed by atoms with Gasteiger partial charge >= 0.3 is 6.36 Å². The van der Waals surface area contributed by atoms with E-state index >= 15 is 0 Å². The van der Waals surface area contributed by atoms with E-state index in [1.165, 1.54) is 28.0 Å². The zero-order valence-electron chi connectivity index (χ0n) is 14.4. The van der Waals surface area contributed by atoms with Crippen LogP contribution in [0.3, 0.4) is 0 Å². The fourth-order valence-electron chi connectivity index (χ4n) is 3.45. The topological polar surface area (TPSA) is 62.9 Å². The first-order chi connectivity index (χ1) is 12.8. The van der Waals surface area contributed by atoms with Crippen LogP contribution in [0, 0.1) is 6.92 Å². The van der Waals surface area contributed by atoms with Crippen LogP contribution in [0.4, 0.5) is 13.2 Å². The molecule has 1 fully saturated rings. The Bertz CT molecular complexity index is 963. The second kappa shape index (κ2) is 6.68. The Kier molecular flexibility index (Phi) is 4.47. The average Bonchev–Trinajstić information content (AvgIpc) is 3.29. The predicted molar refractivity (Wildman–Crippen MR) is 93.0 cm³/mol. The van der Waals surface area contributed by atoms with Gasteiger partial charge in [0, 0.05) is 5.56 Å². The first-order valence-electron chi connectivity index (χ1n) is 8.47. The van der Waals surface area contributed by atoms with E-state index in [1.807, 2.05) is 0 Å². The summed E-state index contributed by atoms with van der Waals surface area (Å²) in [5, 5.41) is 14.9. The van der Waals surface area contributed by atoms with E-state index in [-0.39, 0.29) is 11.6 Å². The minimum Gasteiger partial charge on any atom is -0.492 e. The molecule has 10 heteroatoms. The maximum absolute atomic E-state index is 12.9. The molecule has 2 aromatic heterocycles. The number of likely N-dealkylation sites (tertiary alicyclic amines) is 1. The van der Waals surface area contributed by atoms with E-state index in [0.717, 1.165) is 25.9 Å². The summed E-state index contributed by atoms with van der Waals surface area (Å²) in [5.41, 5.74) is 0.355. The molecule has 6 nitrogen and oxygen atoms in total. The minimum absolute atomic E-state index is 0.102. The average molecular weight is 398 g/mol. The molecule has 4 rings (SSSR count). The van der Waals surface area contributed by atoms with Crippen molar-refractivity contribution in [2.45, 2.75) is 32.2 Å². The molecule has 1 saturated heterocycles. The molecule has 144 valence electrons. The van der Waals surface area contributed by atoms with Gasteiger partial charge in [-0.15, -0.1) is 18.3 Å². The molecule has 3 aromatic rings. The molecular formula is C17H17F3N4O2S. The summed E-state index contributed by atoms with van der Waals surface area (Å²) in [6.07, 6.45) is -2.91. The van der Waals surface area contributed by atoms with Crippen molar-refractivity contribution in [2.24, 2.45) is 0 Å². The van der Waals surface area contributed by atoms with Crippen LogP contribution in [0.5, 0.6) is 11.6 Å². The molecule has 0 bridgehead atoms. The fourth-order valence-corrected chi connectivity index (χ4v) is 4.61. The molecule has 27 heavy (non-hydrogen) atoms. The van der Waals surface area contributed by atoms with Crippen molar-refractivity contribution in [1.29, 1.82) is 0 Å². The quantitative estimate of drug-likeness (QED) is 0.723. The Morgan fingerprint density at radius 1 is 1.22 bits per heavy atom. The maximum Gasteiger partial charge on any atom is 0.573 e. The molecule has 0 saturated carbocycles. The van der Waals surface area contributed by atoms with Crippen LogP contribution in [0.1, 0.15) is 35.1 Å². The van der Waals surface area contributed by atoms with Crippen molar-refractivity contribution in [2.75, 3.05) is 13.1 Å². The van der Waals surface area contributed by atoms with Gasteiger partial charge in [0.2, 0.25) is 10.8 Å². The molecule has 0 spiro atoms. The zero-order chi connectivity index (χ0) is 19.2. The van der Waals surface area contributed by atoms with E-state index in [4.69, 9.17) is 0 Å². The lowest BCUT2D eigenvalue weighted by Crippen LogP contribution is -2.27. The number of ether oxygens (including phenoxy) is 1. The number of aromatic hydroxyl groups is 1. The van der Waals surface area contributed by atoms with Crippen LogP contribution in [0.25, 0.3) is 4.96 Å². The molecular weight excluding hydrogens is 381 g/mol. The third-order valence-corrected chi connectivity index (χ3v) is 5.57. The smallest absolute Gasteiger partial charge is 0.492 e. The largest absolute Gasteiger partial charge is 0.573 e. The zero-order valence-corrected chi connectivity index (χ0v) is 15.2. The van der Waals surface area contributed by atoms with E-state index in [9.17, 15) is 18.3 Å². The van der Waals surface area contributed by atoms with Gasteiger partial charge < -0.3 is 9.84 Å². The summed E-state index contributed by atoms with van der Waals surface area (Å²) in [4.78, 5) is 7.32. The van der Waals surface area contributed by atoms with Crippen molar-refractivity contribution >= 4 is 16.3 Å². The van der Waals surface area contributed by atoms with Crippen molar-refractivity contribution in [3.63, 3.8) is 0 Å². The molecule has 1 aliphatic rings. The van der Waals surface area contributed by atoms with Crippen molar-refractivity contribution in [3.05, 3.63) is 40.5 Å². The number of aryl methyl sites for hydroxylation is 1. The molecule has 0 amide bonds. The minimum atomic E-state index is -4.80. The molecule has 3 heterocycles. The number of fused-ring (bicyclic) bond motifs is 1. The van der Waals surface area contributed by atoms with Gasteiger partial charge in [0.05, 0.1) is 10.9 Å². The Balaban J connectivity index is 1.85. The maximum atomic E-state index is 12.9. The summed E-state index contributed by atoms with van der Waals surface area (Å²) in [6, 6.07) is 5.49. The highest BCUT2D eigenvalue weighted by Crippen LogP contribution is 2.44. The Hall–Kier alpha value is -2.33. The monoisotopic (exact) mass is 398 g/mol. The van der Waals surface area contributed by atoms with E-state index in [2.05, 4.69) is 19.7 Å². The van der Waals surface area contributed by atoms with Crippen LogP contribution in [0.2, 0.25) is 0 Å². The summed E-state index contributed by atoms with van der Waals surface area (Å²) < 4.78 is 44.3. The van der Waals surface area contributed by atoms with E-state index in [0.29, 0.717) is 21.2 Å².